The quantitative estimate of drug-likeness (QED) is 0.443. The van der Waals surface area contributed by atoms with Crippen molar-refractivity contribution in [3.8, 4) is 11.5 Å². The van der Waals surface area contributed by atoms with E-state index >= 15 is 0 Å². The molecule has 1 aliphatic heterocycles. The number of likely N-dealkylation sites (tertiary alicyclic amines) is 1. The largest absolute Gasteiger partial charge is 0.497 e. The number of hydrogen-bond donors (Lipinski definition) is 2. The van der Waals surface area contributed by atoms with E-state index in [1.807, 2.05) is 18.2 Å². The number of methoxy groups -OCH3 is 2. The lowest BCUT2D eigenvalue weighted by Gasteiger charge is -2.21. The number of hydrogen-bond acceptors (Lipinski definition) is 6. The summed E-state index contributed by atoms with van der Waals surface area (Å²) in [5.74, 6) is 2.58. The molecule has 0 spiro atoms. The van der Waals surface area contributed by atoms with Crippen LogP contribution in [0.1, 0.15) is 24.8 Å². The van der Waals surface area contributed by atoms with Gasteiger partial charge in [0.2, 0.25) is 0 Å². The average molecular weight is 439 g/mol. The third-order valence-corrected chi connectivity index (χ3v) is 6.95. The Morgan fingerprint density at radius 2 is 1.90 bits per heavy atom. The van der Waals surface area contributed by atoms with E-state index < -0.39 is 9.84 Å². The van der Waals surface area contributed by atoms with Gasteiger partial charge in [-0.05, 0) is 37.0 Å². The fourth-order valence-electron chi connectivity index (χ4n) is 4.07. The molecule has 9 heteroatoms. The molecule has 1 aromatic rings. The van der Waals surface area contributed by atoms with Crippen LogP contribution in [0.25, 0.3) is 0 Å². The van der Waals surface area contributed by atoms with Crippen LogP contribution in [-0.4, -0.2) is 78.2 Å². The molecule has 1 heterocycles. The Morgan fingerprint density at radius 1 is 1.23 bits per heavy atom. The lowest BCUT2D eigenvalue weighted by atomic mass is 10.1. The molecule has 2 aliphatic rings. The molecule has 0 aromatic heterocycles. The maximum absolute atomic E-state index is 11.7. The Bertz CT molecular complexity index is 846. The first-order valence-electron chi connectivity index (χ1n) is 10.3. The van der Waals surface area contributed by atoms with Crippen molar-refractivity contribution in [3.63, 3.8) is 0 Å². The summed E-state index contributed by atoms with van der Waals surface area (Å²) in [5.41, 5.74) is 1.03. The van der Waals surface area contributed by atoms with Gasteiger partial charge in [-0.15, -0.1) is 0 Å². The summed E-state index contributed by atoms with van der Waals surface area (Å²) in [6.07, 6.45) is 4.23. The lowest BCUT2D eigenvalue weighted by Crippen LogP contribution is -2.46. The topological polar surface area (TPSA) is 92.3 Å². The first kappa shape index (κ1) is 22.7. The summed E-state index contributed by atoms with van der Waals surface area (Å²) in [7, 11) is 2.11. The highest BCUT2D eigenvalue weighted by atomic mass is 32.2. The normalized spacial score (nSPS) is 21.3. The van der Waals surface area contributed by atoms with E-state index in [0.29, 0.717) is 12.6 Å². The zero-order valence-electron chi connectivity index (χ0n) is 18.4. The van der Waals surface area contributed by atoms with Crippen molar-refractivity contribution in [2.24, 2.45) is 10.4 Å². The van der Waals surface area contributed by atoms with Gasteiger partial charge in [-0.2, -0.15) is 0 Å². The van der Waals surface area contributed by atoms with Gasteiger partial charge in [-0.25, -0.2) is 8.42 Å². The van der Waals surface area contributed by atoms with Crippen molar-refractivity contribution in [2.45, 2.75) is 31.8 Å². The van der Waals surface area contributed by atoms with Crippen LogP contribution in [0.5, 0.6) is 11.5 Å². The van der Waals surface area contributed by atoms with E-state index in [1.165, 1.54) is 6.26 Å². The van der Waals surface area contributed by atoms with Crippen molar-refractivity contribution in [3.05, 3.63) is 23.8 Å². The highest BCUT2D eigenvalue weighted by molar-refractivity contribution is 7.90. The van der Waals surface area contributed by atoms with E-state index in [2.05, 4.69) is 20.5 Å². The Labute approximate surface area is 180 Å². The maximum atomic E-state index is 11.7. The molecule has 0 amide bonds. The van der Waals surface area contributed by atoms with E-state index in [-0.39, 0.29) is 11.2 Å². The Hall–Kier alpha value is -2.00. The first-order chi connectivity index (χ1) is 14.2. The monoisotopic (exact) mass is 438 g/mol. The summed E-state index contributed by atoms with van der Waals surface area (Å²) in [6.45, 7) is 3.37. The fraction of sp³-hybridized carbons (Fsp3) is 0.667. The fourth-order valence-corrected chi connectivity index (χ4v) is 5.58. The molecule has 3 rings (SSSR count). The maximum Gasteiger partial charge on any atom is 0.191 e. The molecular weight excluding hydrogens is 404 g/mol. The second-order valence-corrected chi connectivity index (χ2v) is 10.7. The molecular formula is C21H34N4O4S. The van der Waals surface area contributed by atoms with E-state index in [4.69, 9.17) is 9.47 Å². The number of benzene rings is 1. The van der Waals surface area contributed by atoms with Crippen molar-refractivity contribution in [1.29, 1.82) is 0 Å². The molecule has 1 aromatic carbocycles. The lowest BCUT2D eigenvalue weighted by molar-refractivity contribution is 0.321. The SMILES string of the molecule is CN=C(NCC1(CS(C)(=O)=O)CC1)NC1CCN(Cc2cc(OC)cc(OC)c2)C1. The third-order valence-electron chi connectivity index (χ3n) is 5.81. The predicted octanol–water partition coefficient (Wildman–Crippen LogP) is 1.27. The minimum atomic E-state index is -2.97. The molecule has 1 unspecified atom stereocenters. The Morgan fingerprint density at radius 3 is 2.43 bits per heavy atom. The van der Waals surface area contributed by atoms with Gasteiger partial charge < -0.3 is 20.1 Å². The summed E-state index contributed by atoms with van der Waals surface area (Å²) in [6, 6.07) is 6.26. The van der Waals surface area contributed by atoms with E-state index in [0.717, 1.165) is 61.9 Å². The van der Waals surface area contributed by atoms with Crippen molar-refractivity contribution >= 4 is 15.8 Å². The standard InChI is InChI=1S/C21H34N4O4S/c1-22-20(23-14-21(6-7-21)15-30(4,26)27)24-17-5-8-25(13-17)12-16-9-18(28-2)11-19(10-16)29-3/h9-11,17H,5-8,12-15H2,1-4H3,(H2,22,23,24). The Balaban J connectivity index is 1.49. The highest BCUT2D eigenvalue weighted by Gasteiger charge is 2.45. The number of sulfone groups is 1. The molecule has 1 saturated carbocycles. The average Bonchev–Trinajstić information content (AvgIpc) is 3.31. The predicted molar refractivity (Wildman–Crippen MR) is 119 cm³/mol. The Kier molecular flexibility index (Phi) is 7.13. The minimum absolute atomic E-state index is 0.127. The van der Waals surface area contributed by atoms with Gasteiger partial charge in [0, 0.05) is 57.0 Å². The van der Waals surface area contributed by atoms with Gasteiger partial charge in [-0.1, -0.05) is 0 Å². The zero-order chi connectivity index (χ0) is 21.8. The number of nitrogens with zero attached hydrogens (tertiary/aromatic N) is 2. The van der Waals surface area contributed by atoms with Crippen LogP contribution in [-0.2, 0) is 16.4 Å². The number of rotatable bonds is 9. The molecule has 8 nitrogen and oxygen atoms in total. The number of ether oxygens (including phenoxy) is 2. The van der Waals surface area contributed by atoms with Gasteiger partial charge in [-0.3, -0.25) is 9.89 Å². The van der Waals surface area contributed by atoms with Crippen molar-refractivity contribution in [2.75, 3.05) is 52.9 Å². The summed E-state index contributed by atoms with van der Waals surface area (Å²) in [5, 5.41) is 6.83. The first-order valence-corrected chi connectivity index (χ1v) is 12.4. The van der Waals surface area contributed by atoms with Crippen LogP contribution in [0.3, 0.4) is 0 Å². The van der Waals surface area contributed by atoms with Gasteiger partial charge in [0.15, 0.2) is 5.96 Å². The van der Waals surface area contributed by atoms with Crippen LogP contribution in [0.2, 0.25) is 0 Å². The zero-order valence-corrected chi connectivity index (χ0v) is 19.2. The molecule has 1 aliphatic carbocycles. The molecule has 1 atom stereocenters. The number of guanidine groups is 1. The van der Waals surface area contributed by atoms with Crippen LogP contribution in [0, 0.1) is 5.41 Å². The second kappa shape index (κ2) is 9.43. The molecule has 0 bridgehead atoms. The third kappa shape index (κ3) is 6.50. The molecule has 30 heavy (non-hydrogen) atoms. The molecule has 2 N–H and O–H groups in total. The minimum Gasteiger partial charge on any atom is -0.497 e. The van der Waals surface area contributed by atoms with Crippen LogP contribution >= 0.6 is 0 Å². The summed E-state index contributed by atoms with van der Waals surface area (Å²) >= 11 is 0. The highest BCUT2D eigenvalue weighted by Crippen LogP contribution is 2.46. The molecule has 2 fully saturated rings. The van der Waals surface area contributed by atoms with Gasteiger partial charge in [0.05, 0.1) is 20.0 Å². The van der Waals surface area contributed by atoms with E-state index in [1.54, 1.807) is 21.3 Å². The smallest absolute Gasteiger partial charge is 0.191 e. The van der Waals surface area contributed by atoms with Gasteiger partial charge in [0.1, 0.15) is 21.3 Å². The van der Waals surface area contributed by atoms with Gasteiger partial charge >= 0.3 is 0 Å². The van der Waals surface area contributed by atoms with E-state index in [9.17, 15) is 8.42 Å². The van der Waals surface area contributed by atoms with Crippen LogP contribution in [0.4, 0.5) is 0 Å². The number of nitrogens with one attached hydrogen (secondary N) is 2. The second-order valence-electron chi connectivity index (χ2n) is 8.58. The molecule has 1 saturated heterocycles. The molecule has 168 valence electrons. The summed E-state index contributed by atoms with van der Waals surface area (Å²) < 4.78 is 34.0. The number of aliphatic imine (C=N–C) groups is 1. The van der Waals surface area contributed by atoms with Gasteiger partial charge in [0.25, 0.3) is 0 Å². The van der Waals surface area contributed by atoms with Crippen molar-refractivity contribution < 1.29 is 17.9 Å². The van der Waals surface area contributed by atoms with Crippen molar-refractivity contribution in [1.82, 2.24) is 15.5 Å². The van der Waals surface area contributed by atoms with Crippen LogP contribution < -0.4 is 20.1 Å². The molecule has 0 radical (unpaired) electrons. The van der Waals surface area contributed by atoms with Crippen LogP contribution in [0.15, 0.2) is 23.2 Å². The summed E-state index contributed by atoms with van der Waals surface area (Å²) in [4.78, 5) is 6.72.